The van der Waals surface area contributed by atoms with Crippen LogP contribution in [0.15, 0.2) is 28.8 Å². The fraction of sp³-hybridized carbons (Fsp3) is 0.500. The molecule has 1 amide bonds. The van der Waals surface area contributed by atoms with Gasteiger partial charge in [0.15, 0.2) is 5.82 Å². The van der Waals surface area contributed by atoms with Crippen LogP contribution in [0.5, 0.6) is 0 Å². The van der Waals surface area contributed by atoms with Crippen LogP contribution in [-0.4, -0.2) is 40.7 Å². The summed E-state index contributed by atoms with van der Waals surface area (Å²) in [5.41, 5.74) is -0.116. The van der Waals surface area contributed by atoms with E-state index < -0.39 is 17.8 Å². The van der Waals surface area contributed by atoms with Crippen molar-refractivity contribution in [3.8, 4) is 0 Å². The zero-order chi connectivity index (χ0) is 19.4. The summed E-state index contributed by atoms with van der Waals surface area (Å²) in [5, 5.41) is 3.74. The van der Waals surface area contributed by atoms with Gasteiger partial charge >= 0.3 is 6.18 Å². The third-order valence-corrected chi connectivity index (χ3v) is 4.39. The monoisotopic (exact) mass is 383 g/mol. The van der Waals surface area contributed by atoms with Crippen LogP contribution < -0.4 is 0 Å². The van der Waals surface area contributed by atoms with Crippen molar-refractivity contribution in [1.82, 2.24) is 15.0 Å². The molecule has 0 N–H and O–H groups in total. The molecule has 1 unspecified atom stereocenters. The topological polar surface area (TPSA) is 68.5 Å². The van der Waals surface area contributed by atoms with Gasteiger partial charge in [0.05, 0.1) is 18.8 Å². The molecule has 146 valence electrons. The zero-order valence-electron chi connectivity index (χ0n) is 14.8. The Balaban J connectivity index is 1.58. The number of carbonyl (C=O) groups excluding carboxylic acids is 1. The number of nitrogens with zero attached hydrogens (tertiary/aromatic N) is 3. The van der Waals surface area contributed by atoms with E-state index in [4.69, 9.17) is 9.26 Å². The number of aryl methyl sites for hydroxylation is 2. The molecular formula is C18H20F3N3O3. The van der Waals surface area contributed by atoms with Crippen molar-refractivity contribution in [2.75, 3.05) is 19.8 Å². The average molecular weight is 383 g/mol. The fourth-order valence-corrected chi connectivity index (χ4v) is 3.05. The highest BCUT2D eigenvalue weighted by Gasteiger charge is 2.32. The molecule has 27 heavy (non-hydrogen) atoms. The maximum Gasteiger partial charge on any atom is 0.416 e. The molecular weight excluding hydrogens is 363 g/mol. The lowest BCUT2D eigenvalue weighted by atomic mass is 10.0. The number of alkyl halides is 3. The second kappa shape index (κ2) is 8.08. The van der Waals surface area contributed by atoms with Crippen molar-refractivity contribution >= 4 is 5.91 Å². The number of carbonyl (C=O) groups is 1. The molecule has 1 aromatic carbocycles. The van der Waals surface area contributed by atoms with Crippen LogP contribution in [0.2, 0.25) is 0 Å². The Labute approximate surface area is 154 Å². The summed E-state index contributed by atoms with van der Waals surface area (Å²) in [6.07, 6.45) is -3.30. The molecule has 1 aliphatic heterocycles. The normalized spacial score (nSPS) is 17.9. The second-order valence-electron chi connectivity index (χ2n) is 6.41. The average Bonchev–Trinajstić information content (AvgIpc) is 3.07. The Morgan fingerprint density at radius 3 is 2.89 bits per heavy atom. The van der Waals surface area contributed by atoms with Crippen molar-refractivity contribution in [1.29, 1.82) is 0 Å². The lowest BCUT2D eigenvalue weighted by molar-refractivity contribution is -0.141. The maximum absolute atomic E-state index is 12.8. The number of morpholine rings is 1. The summed E-state index contributed by atoms with van der Waals surface area (Å²) in [5.74, 6) is 0.706. The van der Waals surface area contributed by atoms with Crippen molar-refractivity contribution in [2.24, 2.45) is 0 Å². The van der Waals surface area contributed by atoms with Gasteiger partial charge in [-0.1, -0.05) is 23.4 Å². The molecule has 3 rings (SSSR count). The van der Waals surface area contributed by atoms with Gasteiger partial charge in [-0.05, 0) is 31.4 Å². The van der Waals surface area contributed by atoms with Crippen molar-refractivity contribution in [3.63, 3.8) is 0 Å². The Bertz CT molecular complexity index is 791. The van der Waals surface area contributed by atoms with E-state index in [9.17, 15) is 18.0 Å². The lowest BCUT2D eigenvalue weighted by Crippen LogP contribution is -2.43. The number of hydrogen-bond donors (Lipinski definition) is 0. The van der Waals surface area contributed by atoms with Crippen molar-refractivity contribution in [2.45, 2.75) is 38.4 Å². The van der Waals surface area contributed by atoms with Crippen LogP contribution in [0.4, 0.5) is 13.2 Å². The molecule has 0 aliphatic carbocycles. The molecule has 2 heterocycles. The Kier molecular flexibility index (Phi) is 5.79. The standard InChI is InChI=1S/C18H20F3N3O3/c1-12-22-17(27-23-12)15-11-26-9-8-24(15)16(25)7-3-5-13-4-2-6-14(10-13)18(19,20)21/h2,4,6,10,15H,3,5,7-9,11H2,1H3. The first-order valence-electron chi connectivity index (χ1n) is 8.68. The summed E-state index contributed by atoms with van der Waals surface area (Å²) in [6.45, 7) is 2.80. The Hall–Kier alpha value is -2.42. The van der Waals surface area contributed by atoms with Gasteiger partial charge in [-0.2, -0.15) is 18.2 Å². The van der Waals surface area contributed by atoms with Gasteiger partial charge in [0, 0.05) is 13.0 Å². The van der Waals surface area contributed by atoms with Gasteiger partial charge in [0.25, 0.3) is 5.89 Å². The van der Waals surface area contributed by atoms with E-state index in [1.54, 1.807) is 17.9 Å². The molecule has 0 radical (unpaired) electrons. The van der Waals surface area contributed by atoms with E-state index in [-0.39, 0.29) is 18.9 Å². The molecule has 1 aromatic heterocycles. The van der Waals surface area contributed by atoms with Crippen LogP contribution in [0, 0.1) is 6.92 Å². The van der Waals surface area contributed by atoms with E-state index >= 15 is 0 Å². The number of aromatic nitrogens is 2. The third-order valence-electron chi connectivity index (χ3n) is 4.39. The van der Waals surface area contributed by atoms with Crippen LogP contribution in [0.25, 0.3) is 0 Å². The fourth-order valence-electron chi connectivity index (χ4n) is 3.05. The number of rotatable bonds is 5. The summed E-state index contributed by atoms with van der Waals surface area (Å²) in [4.78, 5) is 18.4. The van der Waals surface area contributed by atoms with E-state index in [0.717, 1.165) is 12.1 Å². The van der Waals surface area contributed by atoms with Crippen molar-refractivity contribution < 1.29 is 27.2 Å². The van der Waals surface area contributed by atoms with E-state index in [0.29, 0.717) is 43.3 Å². The first-order chi connectivity index (χ1) is 12.8. The predicted molar refractivity (Wildman–Crippen MR) is 88.7 cm³/mol. The molecule has 0 spiro atoms. The van der Waals surface area contributed by atoms with Gasteiger partial charge < -0.3 is 14.2 Å². The quantitative estimate of drug-likeness (QED) is 0.792. The Morgan fingerprint density at radius 1 is 1.37 bits per heavy atom. The minimum Gasteiger partial charge on any atom is -0.377 e. The second-order valence-corrected chi connectivity index (χ2v) is 6.41. The third kappa shape index (κ3) is 4.85. The number of hydrogen-bond acceptors (Lipinski definition) is 5. The molecule has 0 bridgehead atoms. The summed E-state index contributed by atoms with van der Waals surface area (Å²) >= 11 is 0. The number of ether oxygens (including phenoxy) is 1. The summed E-state index contributed by atoms with van der Waals surface area (Å²) in [7, 11) is 0. The lowest BCUT2D eigenvalue weighted by Gasteiger charge is -2.33. The first-order valence-corrected chi connectivity index (χ1v) is 8.68. The number of halogens is 3. The van der Waals surface area contributed by atoms with Gasteiger partial charge in [-0.25, -0.2) is 0 Å². The summed E-state index contributed by atoms with van der Waals surface area (Å²) in [6, 6.07) is 4.76. The molecule has 1 aliphatic rings. The SMILES string of the molecule is Cc1noc(C2COCCN2C(=O)CCCc2cccc(C(F)(F)F)c2)n1. The zero-order valence-corrected chi connectivity index (χ0v) is 14.8. The molecule has 1 fully saturated rings. The highest BCUT2D eigenvalue weighted by molar-refractivity contribution is 5.76. The van der Waals surface area contributed by atoms with E-state index in [2.05, 4.69) is 10.1 Å². The molecule has 1 saturated heterocycles. The predicted octanol–water partition coefficient (Wildman–Crippen LogP) is 3.32. The maximum atomic E-state index is 12.8. The van der Waals surface area contributed by atoms with E-state index in [1.165, 1.54) is 6.07 Å². The Morgan fingerprint density at radius 2 is 2.19 bits per heavy atom. The van der Waals surface area contributed by atoms with Crippen LogP contribution in [0.1, 0.15) is 41.7 Å². The van der Waals surface area contributed by atoms with E-state index in [1.807, 2.05) is 0 Å². The van der Waals surface area contributed by atoms with Crippen LogP contribution in [-0.2, 0) is 22.1 Å². The molecule has 2 aromatic rings. The van der Waals surface area contributed by atoms with Crippen molar-refractivity contribution in [3.05, 3.63) is 47.1 Å². The highest BCUT2D eigenvalue weighted by Crippen LogP contribution is 2.30. The smallest absolute Gasteiger partial charge is 0.377 e. The van der Waals surface area contributed by atoms with Gasteiger partial charge in [-0.3, -0.25) is 4.79 Å². The molecule has 9 heteroatoms. The molecule has 1 atom stereocenters. The minimum atomic E-state index is -4.37. The van der Waals surface area contributed by atoms with Gasteiger partial charge in [-0.15, -0.1) is 0 Å². The molecule has 0 saturated carbocycles. The highest BCUT2D eigenvalue weighted by atomic mass is 19.4. The number of benzene rings is 1. The van der Waals surface area contributed by atoms with Crippen LogP contribution in [0.3, 0.4) is 0 Å². The first kappa shape index (κ1) is 19.3. The van der Waals surface area contributed by atoms with Gasteiger partial charge in [0.2, 0.25) is 5.91 Å². The molecule has 6 nitrogen and oxygen atoms in total. The number of amides is 1. The summed E-state index contributed by atoms with van der Waals surface area (Å²) < 4.78 is 48.9. The van der Waals surface area contributed by atoms with Crippen LogP contribution >= 0.6 is 0 Å². The van der Waals surface area contributed by atoms with Gasteiger partial charge in [0.1, 0.15) is 6.04 Å². The largest absolute Gasteiger partial charge is 0.416 e. The minimum absolute atomic E-state index is 0.105.